The Morgan fingerprint density at radius 3 is 2.50 bits per heavy atom. The Morgan fingerprint density at radius 2 is 1.86 bits per heavy atom. The lowest BCUT2D eigenvalue weighted by atomic mass is 10.2. The molecule has 1 saturated heterocycles. The topological polar surface area (TPSA) is 75.7 Å². The van der Waals surface area contributed by atoms with Crippen LogP contribution in [-0.4, -0.2) is 44.4 Å². The number of hydrogen-bond donors (Lipinski definition) is 1. The van der Waals surface area contributed by atoms with Crippen LogP contribution in [0.4, 0.5) is 4.39 Å². The number of amides is 1. The molecule has 1 aliphatic heterocycles. The average Bonchev–Trinajstić information content (AvgIpc) is 3.22. The molecule has 3 rings (SSSR count). The lowest BCUT2D eigenvalue weighted by molar-refractivity contribution is -0.121. The Balaban J connectivity index is 1.75. The lowest BCUT2D eigenvalue weighted by Gasteiger charge is -2.22. The minimum absolute atomic E-state index is 0.0276. The third-order valence-corrected chi connectivity index (χ3v) is 6.33. The van der Waals surface area contributed by atoms with Crippen molar-refractivity contribution < 1.29 is 22.3 Å². The van der Waals surface area contributed by atoms with Crippen LogP contribution in [0.1, 0.15) is 18.4 Å². The van der Waals surface area contributed by atoms with Gasteiger partial charge in [0.25, 0.3) is 0 Å². The number of halogens is 1. The average molecular weight is 406 g/mol. The number of benzene rings is 2. The summed E-state index contributed by atoms with van der Waals surface area (Å²) < 4.78 is 45.8. The van der Waals surface area contributed by atoms with Crippen LogP contribution in [0.15, 0.2) is 59.5 Å². The molecule has 6 nitrogen and oxygen atoms in total. The Labute approximate surface area is 164 Å². The van der Waals surface area contributed by atoms with Crippen LogP contribution in [0, 0.1) is 5.82 Å². The summed E-state index contributed by atoms with van der Waals surface area (Å²) in [6.07, 6.45) is 1.81. The van der Waals surface area contributed by atoms with Gasteiger partial charge in [0.15, 0.2) is 0 Å². The highest BCUT2D eigenvalue weighted by Gasteiger charge is 2.27. The molecule has 2 aromatic carbocycles. The zero-order valence-electron chi connectivity index (χ0n) is 15.4. The van der Waals surface area contributed by atoms with Crippen LogP contribution in [0.2, 0.25) is 0 Å². The van der Waals surface area contributed by atoms with Gasteiger partial charge >= 0.3 is 0 Å². The van der Waals surface area contributed by atoms with Crippen molar-refractivity contribution >= 4 is 15.9 Å². The van der Waals surface area contributed by atoms with Crippen molar-refractivity contribution in [3.8, 4) is 0 Å². The summed E-state index contributed by atoms with van der Waals surface area (Å²) in [4.78, 5) is 12.5. The SMILES string of the molecule is O=C(CN(Cc1ccc(F)cc1)S(=O)(=O)c1ccccc1)NCC1CCCO1. The van der Waals surface area contributed by atoms with E-state index in [2.05, 4.69) is 5.32 Å². The van der Waals surface area contributed by atoms with Crippen molar-refractivity contribution in [3.63, 3.8) is 0 Å². The van der Waals surface area contributed by atoms with Crippen LogP contribution in [0.3, 0.4) is 0 Å². The first kappa shape index (κ1) is 20.4. The number of ether oxygens (including phenoxy) is 1. The third-order valence-electron chi connectivity index (χ3n) is 4.52. The van der Waals surface area contributed by atoms with E-state index in [-0.39, 0.29) is 24.1 Å². The predicted octanol–water partition coefficient (Wildman–Crippen LogP) is 2.31. The van der Waals surface area contributed by atoms with Gasteiger partial charge in [0.1, 0.15) is 5.82 Å². The first-order valence-electron chi connectivity index (χ1n) is 9.13. The molecule has 0 aliphatic carbocycles. The number of sulfonamides is 1. The van der Waals surface area contributed by atoms with E-state index in [1.807, 2.05) is 0 Å². The molecular formula is C20H23FN2O4S. The molecule has 1 N–H and O–H groups in total. The molecule has 8 heteroatoms. The molecule has 2 aromatic rings. The summed E-state index contributed by atoms with van der Waals surface area (Å²) in [7, 11) is -3.89. The normalized spacial score (nSPS) is 17.0. The molecule has 1 aliphatic rings. The van der Waals surface area contributed by atoms with Crippen LogP contribution < -0.4 is 5.32 Å². The zero-order chi connectivity index (χ0) is 20.0. The quantitative estimate of drug-likeness (QED) is 0.730. The molecule has 1 fully saturated rings. The van der Waals surface area contributed by atoms with Gasteiger partial charge in [-0.05, 0) is 42.7 Å². The highest BCUT2D eigenvalue weighted by molar-refractivity contribution is 7.89. The second kappa shape index (κ2) is 9.27. The smallest absolute Gasteiger partial charge is 0.243 e. The van der Waals surface area contributed by atoms with Crippen molar-refractivity contribution in [2.24, 2.45) is 0 Å². The summed E-state index contributed by atoms with van der Waals surface area (Å²) >= 11 is 0. The summed E-state index contributed by atoms with van der Waals surface area (Å²) in [5.41, 5.74) is 0.591. The van der Waals surface area contributed by atoms with E-state index in [0.29, 0.717) is 18.7 Å². The van der Waals surface area contributed by atoms with E-state index in [1.165, 1.54) is 36.4 Å². The monoisotopic (exact) mass is 406 g/mol. The van der Waals surface area contributed by atoms with Crippen LogP contribution in [0.5, 0.6) is 0 Å². The molecule has 0 radical (unpaired) electrons. The van der Waals surface area contributed by atoms with E-state index in [1.54, 1.807) is 18.2 Å². The summed E-state index contributed by atoms with van der Waals surface area (Å²) in [5.74, 6) is -0.812. The number of rotatable bonds is 8. The highest BCUT2D eigenvalue weighted by Crippen LogP contribution is 2.18. The fraction of sp³-hybridized carbons (Fsp3) is 0.350. The van der Waals surface area contributed by atoms with E-state index >= 15 is 0 Å². The summed E-state index contributed by atoms with van der Waals surface area (Å²) in [5, 5.41) is 2.74. The molecule has 0 bridgehead atoms. The van der Waals surface area contributed by atoms with Gasteiger partial charge in [-0.15, -0.1) is 0 Å². The first-order valence-corrected chi connectivity index (χ1v) is 10.6. The van der Waals surface area contributed by atoms with Gasteiger partial charge in [-0.3, -0.25) is 4.79 Å². The van der Waals surface area contributed by atoms with Crippen molar-refractivity contribution in [3.05, 3.63) is 66.0 Å². The van der Waals surface area contributed by atoms with Crippen LogP contribution >= 0.6 is 0 Å². The molecular weight excluding hydrogens is 383 g/mol. The van der Waals surface area contributed by atoms with E-state index in [0.717, 1.165) is 17.1 Å². The highest BCUT2D eigenvalue weighted by atomic mass is 32.2. The number of hydrogen-bond acceptors (Lipinski definition) is 4. The molecule has 1 amide bonds. The maximum Gasteiger partial charge on any atom is 0.243 e. The maximum atomic E-state index is 13.2. The molecule has 1 unspecified atom stereocenters. The van der Waals surface area contributed by atoms with Gasteiger partial charge in [0, 0.05) is 19.7 Å². The molecule has 150 valence electrons. The molecule has 1 heterocycles. The molecule has 0 aromatic heterocycles. The third kappa shape index (κ3) is 5.37. The Hall–Kier alpha value is -2.29. The zero-order valence-corrected chi connectivity index (χ0v) is 16.2. The molecule has 0 spiro atoms. The summed E-state index contributed by atoms with van der Waals surface area (Å²) in [6.45, 7) is 0.667. The Bertz CT molecular complexity index is 882. The summed E-state index contributed by atoms with van der Waals surface area (Å²) in [6, 6.07) is 13.5. The van der Waals surface area contributed by atoms with Crippen molar-refractivity contribution in [2.45, 2.75) is 30.4 Å². The largest absolute Gasteiger partial charge is 0.376 e. The Morgan fingerprint density at radius 1 is 1.14 bits per heavy atom. The molecule has 0 saturated carbocycles. The number of carbonyl (C=O) groups is 1. The first-order chi connectivity index (χ1) is 13.4. The van der Waals surface area contributed by atoms with Crippen molar-refractivity contribution in [1.29, 1.82) is 0 Å². The van der Waals surface area contributed by atoms with Gasteiger partial charge in [-0.2, -0.15) is 4.31 Å². The fourth-order valence-corrected chi connectivity index (χ4v) is 4.42. The van der Waals surface area contributed by atoms with Gasteiger partial charge in [0.2, 0.25) is 15.9 Å². The molecule has 1 atom stereocenters. The van der Waals surface area contributed by atoms with Gasteiger partial charge in [-0.25, -0.2) is 12.8 Å². The minimum atomic E-state index is -3.89. The van der Waals surface area contributed by atoms with Crippen molar-refractivity contribution in [2.75, 3.05) is 19.7 Å². The second-order valence-corrected chi connectivity index (χ2v) is 8.59. The predicted molar refractivity (Wildman–Crippen MR) is 102 cm³/mol. The number of nitrogens with one attached hydrogen (secondary N) is 1. The van der Waals surface area contributed by atoms with Gasteiger partial charge < -0.3 is 10.1 Å². The van der Waals surface area contributed by atoms with Crippen molar-refractivity contribution in [1.82, 2.24) is 9.62 Å². The van der Waals surface area contributed by atoms with Crippen LogP contribution in [-0.2, 0) is 26.1 Å². The van der Waals surface area contributed by atoms with Gasteiger partial charge in [-0.1, -0.05) is 30.3 Å². The van der Waals surface area contributed by atoms with E-state index in [9.17, 15) is 17.6 Å². The van der Waals surface area contributed by atoms with E-state index < -0.39 is 21.7 Å². The standard InChI is InChI=1S/C20H23FN2O4S/c21-17-10-8-16(9-11-17)14-23(28(25,26)19-6-2-1-3-7-19)15-20(24)22-13-18-5-4-12-27-18/h1-3,6-11,18H,4-5,12-15H2,(H,22,24). The Kier molecular flexibility index (Phi) is 6.77. The maximum absolute atomic E-state index is 13.2. The van der Waals surface area contributed by atoms with Crippen LogP contribution in [0.25, 0.3) is 0 Å². The number of nitrogens with zero attached hydrogens (tertiary/aromatic N) is 1. The minimum Gasteiger partial charge on any atom is -0.376 e. The second-order valence-electron chi connectivity index (χ2n) is 6.65. The lowest BCUT2D eigenvalue weighted by Crippen LogP contribution is -2.42. The van der Waals surface area contributed by atoms with Gasteiger partial charge in [0.05, 0.1) is 17.5 Å². The number of carbonyl (C=O) groups excluding carboxylic acids is 1. The van der Waals surface area contributed by atoms with E-state index in [4.69, 9.17) is 4.74 Å². The molecule has 28 heavy (non-hydrogen) atoms. The fourth-order valence-electron chi connectivity index (χ4n) is 3.01.